The Bertz CT molecular complexity index is 433. The van der Waals surface area contributed by atoms with Gasteiger partial charge < -0.3 is 14.6 Å². The molecule has 0 bridgehead atoms. The van der Waals surface area contributed by atoms with E-state index in [4.69, 9.17) is 5.11 Å². The molecule has 1 rings (SSSR count). The van der Waals surface area contributed by atoms with Crippen LogP contribution in [-0.2, 0) is 11.1 Å². The lowest BCUT2D eigenvalue weighted by Crippen LogP contribution is -2.24. The highest BCUT2D eigenvalue weighted by molar-refractivity contribution is 7.79. The molecular weight excluding hydrogens is 230 g/mol. The van der Waals surface area contributed by atoms with Crippen LogP contribution in [0, 0.1) is 6.92 Å². The molecule has 0 aliphatic rings. The summed E-state index contributed by atoms with van der Waals surface area (Å²) in [7, 11) is 1.54. The topological polar surface area (TPSA) is 80.7 Å². The van der Waals surface area contributed by atoms with Crippen molar-refractivity contribution in [3.05, 3.63) is 29.3 Å². The SMILES string of the molecule is Cc1ccc(C(=O)O)c(N(C)CS(=O)[O-])c1. The Hall–Kier alpha value is -1.40. The van der Waals surface area contributed by atoms with Crippen molar-refractivity contribution in [2.24, 2.45) is 0 Å². The van der Waals surface area contributed by atoms with E-state index in [0.717, 1.165) is 5.56 Å². The van der Waals surface area contributed by atoms with Gasteiger partial charge in [-0.05, 0) is 35.7 Å². The van der Waals surface area contributed by atoms with E-state index < -0.39 is 17.0 Å². The molecular formula is C10H12NO4S-. The number of carboxylic acid groups (broad SMARTS) is 1. The summed E-state index contributed by atoms with van der Waals surface area (Å²) in [6.07, 6.45) is 0. The summed E-state index contributed by atoms with van der Waals surface area (Å²) in [5.41, 5.74) is 1.37. The van der Waals surface area contributed by atoms with Crippen LogP contribution in [0.2, 0.25) is 0 Å². The zero-order valence-corrected chi connectivity index (χ0v) is 9.78. The summed E-state index contributed by atoms with van der Waals surface area (Å²) in [5, 5.41) is 8.96. The third-order valence-corrected chi connectivity index (χ3v) is 2.69. The van der Waals surface area contributed by atoms with Crippen LogP contribution in [0.1, 0.15) is 15.9 Å². The first-order chi connectivity index (χ1) is 7.41. The van der Waals surface area contributed by atoms with Gasteiger partial charge in [0.05, 0.1) is 17.1 Å². The third-order valence-electron chi connectivity index (χ3n) is 2.09. The zero-order valence-electron chi connectivity index (χ0n) is 8.97. The molecule has 88 valence electrons. The van der Waals surface area contributed by atoms with Gasteiger partial charge in [0.15, 0.2) is 0 Å². The van der Waals surface area contributed by atoms with Crippen molar-refractivity contribution in [3.8, 4) is 0 Å². The second-order valence-electron chi connectivity index (χ2n) is 3.46. The summed E-state index contributed by atoms with van der Waals surface area (Å²) in [6, 6.07) is 4.79. The van der Waals surface area contributed by atoms with E-state index in [-0.39, 0.29) is 11.4 Å². The average molecular weight is 242 g/mol. The molecule has 0 saturated carbocycles. The molecule has 0 aliphatic carbocycles. The van der Waals surface area contributed by atoms with Gasteiger partial charge in [-0.1, -0.05) is 6.07 Å². The number of hydrogen-bond donors (Lipinski definition) is 1. The highest BCUT2D eigenvalue weighted by Gasteiger charge is 2.13. The van der Waals surface area contributed by atoms with Crippen molar-refractivity contribution < 1.29 is 18.7 Å². The normalized spacial score (nSPS) is 12.2. The van der Waals surface area contributed by atoms with Crippen LogP contribution in [0.25, 0.3) is 0 Å². The predicted molar refractivity (Wildman–Crippen MR) is 60.3 cm³/mol. The molecule has 1 N–H and O–H groups in total. The first-order valence-electron chi connectivity index (χ1n) is 4.52. The number of nitrogens with zero attached hydrogens (tertiary/aromatic N) is 1. The Morgan fingerprint density at radius 1 is 1.56 bits per heavy atom. The minimum absolute atomic E-state index is 0.0959. The van der Waals surface area contributed by atoms with Gasteiger partial charge in [-0.2, -0.15) is 0 Å². The summed E-state index contributed by atoms with van der Waals surface area (Å²) >= 11 is -2.24. The maximum atomic E-state index is 10.9. The monoisotopic (exact) mass is 242 g/mol. The number of hydrogen-bond acceptors (Lipinski definition) is 4. The fourth-order valence-electron chi connectivity index (χ4n) is 1.37. The second-order valence-corrected chi connectivity index (χ2v) is 4.32. The van der Waals surface area contributed by atoms with Crippen molar-refractivity contribution >= 4 is 22.7 Å². The van der Waals surface area contributed by atoms with Gasteiger partial charge in [-0.3, -0.25) is 4.21 Å². The highest BCUT2D eigenvalue weighted by Crippen LogP contribution is 2.21. The van der Waals surface area contributed by atoms with Crippen molar-refractivity contribution in [2.75, 3.05) is 17.8 Å². The maximum absolute atomic E-state index is 10.9. The number of carbonyl (C=O) groups is 1. The van der Waals surface area contributed by atoms with E-state index >= 15 is 0 Å². The number of carboxylic acids is 1. The van der Waals surface area contributed by atoms with Gasteiger partial charge >= 0.3 is 5.97 Å². The van der Waals surface area contributed by atoms with Crippen molar-refractivity contribution in [1.82, 2.24) is 0 Å². The molecule has 5 nitrogen and oxygen atoms in total. The molecule has 1 aromatic rings. The quantitative estimate of drug-likeness (QED) is 0.795. The Labute approximate surface area is 96.0 Å². The third kappa shape index (κ3) is 3.04. The molecule has 0 saturated heterocycles. The summed E-state index contributed by atoms with van der Waals surface area (Å²) < 4.78 is 21.1. The first-order valence-corrected chi connectivity index (χ1v) is 5.77. The number of rotatable bonds is 4. The van der Waals surface area contributed by atoms with Crippen LogP contribution < -0.4 is 4.90 Å². The van der Waals surface area contributed by atoms with E-state index in [2.05, 4.69) is 0 Å². The smallest absolute Gasteiger partial charge is 0.337 e. The zero-order chi connectivity index (χ0) is 12.3. The summed E-state index contributed by atoms with van der Waals surface area (Å²) in [4.78, 5) is 12.3. The maximum Gasteiger partial charge on any atom is 0.337 e. The van der Waals surface area contributed by atoms with Crippen LogP contribution in [-0.4, -0.2) is 32.8 Å². The van der Waals surface area contributed by atoms with Crippen LogP contribution >= 0.6 is 0 Å². The van der Waals surface area contributed by atoms with E-state index in [1.807, 2.05) is 6.92 Å². The van der Waals surface area contributed by atoms with Gasteiger partial charge in [0.25, 0.3) is 0 Å². The summed E-state index contributed by atoms with van der Waals surface area (Å²) in [6.45, 7) is 1.82. The molecule has 1 aromatic carbocycles. The van der Waals surface area contributed by atoms with Gasteiger partial charge in [0.1, 0.15) is 0 Å². The molecule has 0 radical (unpaired) electrons. The standard InChI is InChI=1S/C10H13NO4S/c1-7-3-4-8(10(12)13)9(5-7)11(2)6-16(14)15/h3-5H,6H2,1-2H3,(H,12,13)(H,14,15)/p-1. The Balaban J connectivity index is 3.13. The number of anilines is 1. The summed E-state index contributed by atoms with van der Waals surface area (Å²) in [5.74, 6) is -1.30. The molecule has 6 heteroatoms. The van der Waals surface area contributed by atoms with Gasteiger partial charge in [0.2, 0.25) is 0 Å². The Kier molecular flexibility index (Phi) is 4.03. The fraction of sp³-hybridized carbons (Fsp3) is 0.300. The lowest BCUT2D eigenvalue weighted by Gasteiger charge is -2.22. The largest absolute Gasteiger partial charge is 0.771 e. The predicted octanol–water partition coefficient (Wildman–Crippen LogP) is 0.966. The Morgan fingerprint density at radius 2 is 2.19 bits per heavy atom. The van der Waals surface area contributed by atoms with Gasteiger partial charge in [-0.25, -0.2) is 4.79 Å². The molecule has 0 spiro atoms. The van der Waals surface area contributed by atoms with Crippen molar-refractivity contribution in [1.29, 1.82) is 0 Å². The molecule has 0 aromatic heterocycles. The molecule has 0 aliphatic heterocycles. The van der Waals surface area contributed by atoms with Gasteiger partial charge in [0, 0.05) is 7.05 Å². The minimum Gasteiger partial charge on any atom is -0.771 e. The Morgan fingerprint density at radius 3 is 2.69 bits per heavy atom. The fourth-order valence-corrected chi connectivity index (χ4v) is 1.82. The van der Waals surface area contributed by atoms with Crippen LogP contribution in [0.5, 0.6) is 0 Å². The molecule has 16 heavy (non-hydrogen) atoms. The first kappa shape index (κ1) is 12.7. The van der Waals surface area contributed by atoms with E-state index in [1.165, 1.54) is 18.0 Å². The van der Waals surface area contributed by atoms with Crippen LogP contribution in [0.4, 0.5) is 5.69 Å². The van der Waals surface area contributed by atoms with Crippen molar-refractivity contribution in [2.45, 2.75) is 6.92 Å². The molecule has 0 amide bonds. The average Bonchev–Trinajstić information content (AvgIpc) is 2.15. The molecule has 0 fully saturated rings. The number of aromatic carboxylic acids is 1. The highest BCUT2D eigenvalue weighted by atomic mass is 32.2. The van der Waals surface area contributed by atoms with Crippen LogP contribution in [0.3, 0.4) is 0 Å². The second kappa shape index (κ2) is 5.09. The van der Waals surface area contributed by atoms with E-state index in [1.54, 1.807) is 12.1 Å². The number of aryl methyl sites for hydroxylation is 1. The number of benzene rings is 1. The lowest BCUT2D eigenvalue weighted by molar-refractivity contribution is 0.0697. The molecule has 0 heterocycles. The lowest BCUT2D eigenvalue weighted by atomic mass is 10.1. The van der Waals surface area contributed by atoms with E-state index in [9.17, 15) is 13.6 Å². The van der Waals surface area contributed by atoms with Crippen LogP contribution in [0.15, 0.2) is 18.2 Å². The van der Waals surface area contributed by atoms with E-state index in [0.29, 0.717) is 5.69 Å². The van der Waals surface area contributed by atoms with Gasteiger partial charge in [-0.15, -0.1) is 0 Å². The molecule has 1 atom stereocenters. The minimum atomic E-state index is -2.24. The van der Waals surface area contributed by atoms with Crippen molar-refractivity contribution in [3.63, 3.8) is 0 Å². The molecule has 1 unspecified atom stereocenters.